The van der Waals surface area contributed by atoms with E-state index in [1.165, 1.54) is 11.8 Å². The van der Waals surface area contributed by atoms with E-state index in [0.717, 1.165) is 41.3 Å². The lowest BCUT2D eigenvalue weighted by Crippen LogP contribution is -2.33. The highest BCUT2D eigenvalue weighted by Gasteiger charge is 2.29. The quantitative estimate of drug-likeness (QED) is 0.660. The largest absolute Gasteiger partial charge is 0.486 e. The van der Waals surface area contributed by atoms with Crippen molar-refractivity contribution in [2.45, 2.75) is 23.8 Å². The fourth-order valence-electron chi connectivity index (χ4n) is 3.88. The van der Waals surface area contributed by atoms with E-state index in [4.69, 9.17) is 15.2 Å². The number of para-hydroxylation sites is 1. The lowest BCUT2D eigenvalue weighted by atomic mass is 10.0. The third-order valence-electron chi connectivity index (χ3n) is 5.19. The Hall–Kier alpha value is -2.71. The molecule has 2 aliphatic heterocycles. The fraction of sp³-hybridized carbons (Fsp3) is 0.364. The Morgan fingerprint density at radius 2 is 1.93 bits per heavy atom. The molecule has 158 valence electrons. The number of primary amides is 1. The molecule has 1 atom stereocenters. The Kier molecular flexibility index (Phi) is 6.44. The maximum atomic E-state index is 12.8. The van der Waals surface area contributed by atoms with Crippen molar-refractivity contribution in [1.82, 2.24) is 4.90 Å². The minimum Gasteiger partial charge on any atom is -0.486 e. The fourth-order valence-corrected chi connectivity index (χ4v) is 4.63. The summed E-state index contributed by atoms with van der Waals surface area (Å²) < 4.78 is 11.3. The van der Waals surface area contributed by atoms with Gasteiger partial charge in [-0.05, 0) is 49.2 Å². The van der Waals surface area contributed by atoms with Gasteiger partial charge in [-0.3, -0.25) is 14.5 Å². The van der Waals surface area contributed by atoms with Crippen LogP contribution < -0.4 is 20.5 Å². The number of anilines is 1. The van der Waals surface area contributed by atoms with Crippen molar-refractivity contribution in [3.8, 4) is 11.5 Å². The van der Waals surface area contributed by atoms with Gasteiger partial charge in [-0.2, -0.15) is 0 Å². The van der Waals surface area contributed by atoms with Crippen LogP contribution in [0.1, 0.15) is 24.4 Å². The monoisotopic (exact) mass is 427 g/mol. The summed E-state index contributed by atoms with van der Waals surface area (Å²) in [5.41, 5.74) is 7.08. The second-order valence-electron chi connectivity index (χ2n) is 7.33. The van der Waals surface area contributed by atoms with Gasteiger partial charge < -0.3 is 20.5 Å². The SMILES string of the molecule is NC(=O)CSc1ccccc1NC(=O)CN1CCCC1c1ccc2c(c1)OCCO2. The summed E-state index contributed by atoms with van der Waals surface area (Å²) >= 11 is 1.32. The van der Waals surface area contributed by atoms with Gasteiger partial charge in [0.2, 0.25) is 11.8 Å². The van der Waals surface area contributed by atoms with Gasteiger partial charge in [-0.25, -0.2) is 0 Å². The summed E-state index contributed by atoms with van der Waals surface area (Å²) in [6, 6.07) is 13.7. The highest BCUT2D eigenvalue weighted by Crippen LogP contribution is 2.38. The van der Waals surface area contributed by atoms with Crippen LogP contribution in [0, 0.1) is 0 Å². The summed E-state index contributed by atoms with van der Waals surface area (Å²) in [4.78, 5) is 26.9. The summed E-state index contributed by atoms with van der Waals surface area (Å²) in [6.07, 6.45) is 2.04. The number of likely N-dealkylation sites (tertiary alicyclic amines) is 1. The third-order valence-corrected chi connectivity index (χ3v) is 6.29. The molecular formula is C22H25N3O4S. The summed E-state index contributed by atoms with van der Waals surface area (Å²) in [5.74, 6) is 1.26. The smallest absolute Gasteiger partial charge is 0.238 e. The average Bonchev–Trinajstić information content (AvgIpc) is 3.20. The van der Waals surface area contributed by atoms with Crippen LogP contribution >= 0.6 is 11.8 Å². The van der Waals surface area contributed by atoms with Crippen LogP contribution in [0.4, 0.5) is 5.69 Å². The molecule has 0 spiro atoms. The molecule has 0 aromatic heterocycles. The first kappa shape index (κ1) is 20.6. The molecule has 0 saturated carbocycles. The maximum absolute atomic E-state index is 12.8. The molecule has 1 fully saturated rings. The Morgan fingerprint density at radius 3 is 2.77 bits per heavy atom. The van der Waals surface area contributed by atoms with Crippen molar-refractivity contribution >= 4 is 29.3 Å². The van der Waals surface area contributed by atoms with Crippen molar-refractivity contribution < 1.29 is 19.1 Å². The van der Waals surface area contributed by atoms with Gasteiger partial charge in [0.25, 0.3) is 0 Å². The second kappa shape index (κ2) is 9.40. The minimum atomic E-state index is -0.388. The zero-order valence-electron chi connectivity index (χ0n) is 16.6. The number of nitrogens with one attached hydrogen (secondary N) is 1. The van der Waals surface area contributed by atoms with Crippen molar-refractivity contribution in [1.29, 1.82) is 0 Å². The Morgan fingerprint density at radius 1 is 1.13 bits per heavy atom. The Balaban J connectivity index is 1.41. The average molecular weight is 428 g/mol. The molecule has 7 nitrogen and oxygen atoms in total. The number of rotatable bonds is 7. The van der Waals surface area contributed by atoms with Crippen LogP contribution in [0.3, 0.4) is 0 Å². The number of ether oxygens (including phenoxy) is 2. The molecule has 3 N–H and O–H groups in total. The molecule has 30 heavy (non-hydrogen) atoms. The van der Waals surface area contributed by atoms with E-state index in [9.17, 15) is 9.59 Å². The van der Waals surface area contributed by atoms with E-state index < -0.39 is 0 Å². The predicted molar refractivity (Wildman–Crippen MR) is 116 cm³/mol. The Labute approximate surface area is 179 Å². The minimum absolute atomic E-state index is 0.0773. The topological polar surface area (TPSA) is 93.9 Å². The molecule has 1 unspecified atom stereocenters. The zero-order chi connectivity index (χ0) is 20.9. The van der Waals surface area contributed by atoms with E-state index in [-0.39, 0.29) is 23.6 Å². The van der Waals surface area contributed by atoms with Crippen LogP contribution in [0.2, 0.25) is 0 Å². The van der Waals surface area contributed by atoms with Crippen LogP contribution in [0.15, 0.2) is 47.4 Å². The van der Waals surface area contributed by atoms with Gasteiger partial charge in [0, 0.05) is 10.9 Å². The molecule has 2 amide bonds. The van der Waals surface area contributed by atoms with Gasteiger partial charge in [0.15, 0.2) is 11.5 Å². The number of carbonyl (C=O) groups excluding carboxylic acids is 2. The number of fused-ring (bicyclic) bond motifs is 1. The second-order valence-corrected chi connectivity index (χ2v) is 8.35. The molecule has 0 bridgehead atoms. The highest BCUT2D eigenvalue weighted by atomic mass is 32.2. The summed E-state index contributed by atoms with van der Waals surface area (Å²) in [7, 11) is 0. The molecule has 4 rings (SSSR count). The first-order valence-corrected chi connectivity index (χ1v) is 11.0. The molecule has 1 saturated heterocycles. The molecule has 2 aliphatic rings. The van der Waals surface area contributed by atoms with Crippen LogP contribution in [-0.4, -0.2) is 48.8 Å². The van der Waals surface area contributed by atoms with E-state index in [2.05, 4.69) is 16.3 Å². The molecule has 0 aliphatic carbocycles. The zero-order valence-corrected chi connectivity index (χ0v) is 17.5. The van der Waals surface area contributed by atoms with Gasteiger partial charge in [-0.15, -0.1) is 11.8 Å². The molecule has 8 heteroatoms. The van der Waals surface area contributed by atoms with Crippen molar-refractivity contribution in [2.24, 2.45) is 5.73 Å². The van der Waals surface area contributed by atoms with Crippen LogP contribution in [0.5, 0.6) is 11.5 Å². The van der Waals surface area contributed by atoms with Crippen LogP contribution in [0.25, 0.3) is 0 Å². The molecule has 0 radical (unpaired) electrons. The molecule has 2 aromatic carbocycles. The first-order chi connectivity index (χ1) is 14.6. The predicted octanol–water partition coefficient (Wildman–Crippen LogP) is 2.81. The lowest BCUT2D eigenvalue weighted by Gasteiger charge is -2.26. The standard InChI is InChI=1S/C22H25N3O4S/c23-21(26)14-30-20-6-2-1-4-16(20)24-22(27)13-25-9-3-5-17(25)15-7-8-18-19(12-15)29-11-10-28-18/h1-2,4,6-8,12,17H,3,5,9-11,13-14H2,(H2,23,26)(H,24,27). The first-order valence-electron chi connectivity index (χ1n) is 10.0. The van der Waals surface area contributed by atoms with E-state index >= 15 is 0 Å². The molecule has 2 heterocycles. The van der Waals surface area contributed by atoms with E-state index in [1.807, 2.05) is 36.4 Å². The lowest BCUT2D eigenvalue weighted by molar-refractivity contribution is -0.117. The van der Waals surface area contributed by atoms with Gasteiger partial charge in [0.1, 0.15) is 13.2 Å². The number of benzene rings is 2. The van der Waals surface area contributed by atoms with Crippen molar-refractivity contribution in [3.63, 3.8) is 0 Å². The number of carbonyl (C=O) groups is 2. The summed E-state index contributed by atoms with van der Waals surface area (Å²) in [5, 5.41) is 2.98. The van der Waals surface area contributed by atoms with Gasteiger partial charge in [0.05, 0.1) is 18.0 Å². The Bertz CT molecular complexity index is 936. The number of hydrogen-bond donors (Lipinski definition) is 2. The van der Waals surface area contributed by atoms with E-state index in [0.29, 0.717) is 25.4 Å². The normalized spacial score (nSPS) is 18.2. The number of hydrogen-bond acceptors (Lipinski definition) is 6. The molecule has 2 aromatic rings. The third kappa shape index (κ3) is 4.88. The number of thioether (sulfide) groups is 1. The number of nitrogens with zero attached hydrogens (tertiary/aromatic N) is 1. The van der Waals surface area contributed by atoms with E-state index in [1.54, 1.807) is 0 Å². The molecular weight excluding hydrogens is 402 g/mol. The van der Waals surface area contributed by atoms with Gasteiger partial charge >= 0.3 is 0 Å². The highest BCUT2D eigenvalue weighted by molar-refractivity contribution is 8.00. The van der Waals surface area contributed by atoms with Crippen molar-refractivity contribution in [3.05, 3.63) is 48.0 Å². The van der Waals surface area contributed by atoms with Gasteiger partial charge in [-0.1, -0.05) is 18.2 Å². The summed E-state index contributed by atoms with van der Waals surface area (Å²) in [6.45, 7) is 2.29. The number of amides is 2. The maximum Gasteiger partial charge on any atom is 0.238 e. The van der Waals surface area contributed by atoms with Crippen molar-refractivity contribution in [2.75, 3.05) is 37.4 Å². The van der Waals surface area contributed by atoms with Crippen LogP contribution in [-0.2, 0) is 9.59 Å². The number of nitrogens with two attached hydrogens (primary N) is 1.